The minimum Gasteiger partial charge on any atom is -0.462 e. The van der Waals surface area contributed by atoms with Crippen molar-refractivity contribution >= 4 is 39.5 Å². The van der Waals surface area contributed by atoms with E-state index < -0.39 is 97.5 Å². The minimum absolute atomic E-state index is 0.00915. The third-order valence-electron chi connectivity index (χ3n) is 15.0. The lowest BCUT2D eigenvalue weighted by atomic mass is 10.2. The Kier molecular flexibility index (Phi) is 74.3. The van der Waals surface area contributed by atoms with Crippen LogP contribution in [-0.2, 0) is 65.4 Å². The Morgan fingerprint density at radius 2 is 0.464 bits per heavy atom. The highest BCUT2D eigenvalue weighted by Gasteiger charge is 2.30. The number of rotatable bonds is 71. The summed E-state index contributed by atoms with van der Waals surface area (Å²) in [5.41, 5.74) is 0. The zero-order valence-electron chi connectivity index (χ0n) is 66.8. The van der Waals surface area contributed by atoms with Crippen LogP contribution >= 0.6 is 15.6 Å². The van der Waals surface area contributed by atoms with Gasteiger partial charge in [0, 0.05) is 25.7 Å². The third kappa shape index (κ3) is 78.7. The van der Waals surface area contributed by atoms with Crippen molar-refractivity contribution in [2.75, 3.05) is 39.6 Å². The van der Waals surface area contributed by atoms with Crippen molar-refractivity contribution < 1.29 is 80.2 Å². The van der Waals surface area contributed by atoms with Crippen LogP contribution in [0.5, 0.6) is 0 Å². The molecule has 0 aromatic rings. The first-order valence-corrected chi connectivity index (χ1v) is 42.9. The summed E-state index contributed by atoms with van der Waals surface area (Å²) in [5, 5.41) is 10.6. The van der Waals surface area contributed by atoms with Gasteiger partial charge in [-0.1, -0.05) is 283 Å². The number of unbranched alkanes of at least 4 members (excludes halogenated alkanes) is 3. The molecule has 0 saturated carbocycles. The first-order valence-electron chi connectivity index (χ1n) is 39.9. The molecule has 0 radical (unpaired) electrons. The van der Waals surface area contributed by atoms with Crippen molar-refractivity contribution in [3.63, 3.8) is 0 Å². The van der Waals surface area contributed by atoms with Gasteiger partial charge in [0.2, 0.25) is 0 Å². The fourth-order valence-electron chi connectivity index (χ4n) is 9.12. The molecular weight excluding hydrogens is 1430 g/mol. The molecule has 0 bridgehead atoms. The zero-order chi connectivity index (χ0) is 80.3. The van der Waals surface area contributed by atoms with Crippen LogP contribution in [0.25, 0.3) is 0 Å². The molecular formula is C91H136O17P2. The summed E-state index contributed by atoms with van der Waals surface area (Å²) in [6.07, 6.45) is 106. The molecule has 612 valence electrons. The Morgan fingerprint density at radius 3 is 0.718 bits per heavy atom. The molecule has 5 atom stereocenters. The summed E-state index contributed by atoms with van der Waals surface area (Å²) in [7, 11) is -10.1. The fourth-order valence-corrected chi connectivity index (χ4v) is 10.7. The Hall–Kier alpha value is -7.40. The van der Waals surface area contributed by atoms with Crippen LogP contribution in [0.15, 0.2) is 255 Å². The second kappa shape index (κ2) is 79.7. The number of phosphoric ester groups is 2. The molecule has 0 heterocycles. The summed E-state index contributed by atoms with van der Waals surface area (Å²) >= 11 is 0. The smallest absolute Gasteiger partial charge is 0.462 e. The molecule has 0 spiro atoms. The number of hydrogen-bond donors (Lipinski definition) is 3. The van der Waals surface area contributed by atoms with Crippen molar-refractivity contribution in [1.29, 1.82) is 0 Å². The summed E-state index contributed by atoms with van der Waals surface area (Å²) < 4.78 is 68.3. The van der Waals surface area contributed by atoms with Crippen molar-refractivity contribution in [2.45, 2.75) is 251 Å². The van der Waals surface area contributed by atoms with Gasteiger partial charge >= 0.3 is 39.5 Å². The highest BCUT2D eigenvalue weighted by Crippen LogP contribution is 2.45. The van der Waals surface area contributed by atoms with Crippen LogP contribution in [0.1, 0.15) is 233 Å². The van der Waals surface area contributed by atoms with Crippen molar-refractivity contribution in [3.05, 3.63) is 255 Å². The average Bonchev–Trinajstić information content (AvgIpc) is 0.906. The molecule has 0 aliphatic heterocycles. The molecule has 0 aromatic heterocycles. The summed E-state index contributed by atoms with van der Waals surface area (Å²) in [6.45, 7) is 4.06. The van der Waals surface area contributed by atoms with E-state index in [4.69, 9.17) is 37.0 Å². The molecule has 0 rings (SSSR count). The number of aliphatic hydroxyl groups excluding tert-OH is 1. The van der Waals surface area contributed by atoms with Crippen molar-refractivity contribution in [1.82, 2.24) is 0 Å². The van der Waals surface area contributed by atoms with Gasteiger partial charge in [0.15, 0.2) is 12.2 Å². The van der Waals surface area contributed by atoms with E-state index in [0.29, 0.717) is 51.4 Å². The predicted molar refractivity (Wildman–Crippen MR) is 454 cm³/mol. The molecule has 19 heteroatoms. The summed E-state index contributed by atoms with van der Waals surface area (Å²) in [4.78, 5) is 73.0. The van der Waals surface area contributed by atoms with E-state index in [9.17, 15) is 43.2 Å². The Labute approximate surface area is 662 Å². The monoisotopic (exact) mass is 1560 g/mol. The van der Waals surface area contributed by atoms with E-state index in [1.54, 1.807) is 0 Å². The highest BCUT2D eigenvalue weighted by molar-refractivity contribution is 7.47. The Balaban J connectivity index is 5.63. The van der Waals surface area contributed by atoms with Crippen molar-refractivity contribution in [3.8, 4) is 0 Å². The van der Waals surface area contributed by atoms with Crippen LogP contribution in [-0.4, -0.2) is 96.7 Å². The first kappa shape index (κ1) is 103. The van der Waals surface area contributed by atoms with Crippen LogP contribution in [0.4, 0.5) is 0 Å². The molecule has 0 fully saturated rings. The maximum Gasteiger partial charge on any atom is 0.472 e. The second-order valence-corrected chi connectivity index (χ2v) is 28.0. The molecule has 0 aliphatic carbocycles. The highest BCUT2D eigenvalue weighted by atomic mass is 31.2. The number of esters is 4. The SMILES string of the molecule is CC/C=C\C/C=C\C/C=C\C/C=C\C/C=C\C/C=C\CCC(=O)OCC(COP(=O)(O)OCC(O)COP(=O)(O)OCC(COC(=O)CC/C=C\C/C=C\C/C=C\C/C=C\C/C=C\C/C=C\CC)OC(=O)CCCC/C=C\C/C=C\C/C=C\C/C=C\CC)OC(=O)CCC/C=C\C/C=C\C/C=C\C/C=C\C/C=C\CC. The normalized spacial score (nSPS) is 15.2. The number of phosphoric acid groups is 2. The molecule has 0 aliphatic rings. The lowest BCUT2D eigenvalue weighted by molar-refractivity contribution is -0.161. The lowest BCUT2D eigenvalue weighted by Gasteiger charge is -2.21. The van der Waals surface area contributed by atoms with Crippen LogP contribution in [0.3, 0.4) is 0 Å². The van der Waals surface area contributed by atoms with Gasteiger partial charge in [-0.05, 0) is 180 Å². The largest absolute Gasteiger partial charge is 0.472 e. The van der Waals surface area contributed by atoms with E-state index in [0.717, 1.165) is 128 Å². The van der Waals surface area contributed by atoms with Gasteiger partial charge in [-0.15, -0.1) is 0 Å². The van der Waals surface area contributed by atoms with E-state index >= 15 is 0 Å². The first-order chi connectivity index (χ1) is 53.7. The van der Waals surface area contributed by atoms with Gasteiger partial charge < -0.3 is 33.8 Å². The van der Waals surface area contributed by atoms with Gasteiger partial charge in [-0.3, -0.25) is 37.3 Å². The number of carbonyl (C=O) groups excluding carboxylic acids is 4. The zero-order valence-corrected chi connectivity index (χ0v) is 68.6. The molecule has 110 heavy (non-hydrogen) atoms. The molecule has 0 saturated heterocycles. The maximum absolute atomic E-state index is 13.1. The summed E-state index contributed by atoms with van der Waals surface area (Å²) in [6, 6.07) is 0. The number of hydrogen-bond acceptors (Lipinski definition) is 15. The van der Waals surface area contributed by atoms with Gasteiger partial charge in [0.05, 0.1) is 26.4 Å². The molecule has 3 N–H and O–H groups in total. The average molecular weight is 1560 g/mol. The van der Waals surface area contributed by atoms with Crippen LogP contribution in [0.2, 0.25) is 0 Å². The number of allylic oxidation sites excluding steroid dienone is 42. The predicted octanol–water partition coefficient (Wildman–Crippen LogP) is 23.8. The molecule has 0 aromatic carbocycles. The number of carbonyl (C=O) groups is 4. The Bertz CT molecular complexity index is 3100. The van der Waals surface area contributed by atoms with Crippen LogP contribution < -0.4 is 0 Å². The van der Waals surface area contributed by atoms with E-state index in [-0.39, 0.29) is 25.7 Å². The van der Waals surface area contributed by atoms with Gasteiger partial charge in [0.25, 0.3) is 0 Å². The fraction of sp³-hybridized carbons (Fsp3) is 0.495. The maximum atomic E-state index is 13.1. The van der Waals surface area contributed by atoms with Crippen molar-refractivity contribution in [2.24, 2.45) is 0 Å². The van der Waals surface area contributed by atoms with E-state index in [1.807, 2.05) is 54.7 Å². The van der Waals surface area contributed by atoms with E-state index in [1.165, 1.54) is 0 Å². The molecule has 5 unspecified atom stereocenters. The quantitative estimate of drug-likeness (QED) is 0.0169. The summed E-state index contributed by atoms with van der Waals surface area (Å²) in [5.74, 6) is -2.53. The van der Waals surface area contributed by atoms with Crippen LogP contribution in [0, 0.1) is 0 Å². The van der Waals surface area contributed by atoms with E-state index in [2.05, 4.69) is 228 Å². The van der Waals surface area contributed by atoms with Gasteiger partial charge in [-0.25, -0.2) is 9.13 Å². The Morgan fingerprint density at radius 1 is 0.255 bits per heavy atom. The van der Waals surface area contributed by atoms with Gasteiger partial charge in [-0.2, -0.15) is 0 Å². The number of aliphatic hydroxyl groups is 1. The number of ether oxygens (including phenoxy) is 4. The molecule has 0 amide bonds. The minimum atomic E-state index is -5.04. The third-order valence-corrected chi connectivity index (χ3v) is 16.9. The topological polar surface area (TPSA) is 237 Å². The molecule has 17 nitrogen and oxygen atoms in total. The van der Waals surface area contributed by atoms with Gasteiger partial charge in [0.1, 0.15) is 19.3 Å². The lowest BCUT2D eigenvalue weighted by Crippen LogP contribution is -2.30. The second-order valence-electron chi connectivity index (χ2n) is 25.1. The standard InChI is InChI=1S/C91H136O17P2/c1-5-9-13-17-21-25-29-33-37-40-42-45-48-51-55-59-63-67-71-75-88(93)101-81-86(107-90(95)77-73-69-65-61-57-53-47-36-32-28-24-20-16-12-8-4)83-105-109(97,98)103-79-85(92)80-104-110(99,100)106-84-87(108-91(96)78-74-70-66-62-58-54-50-44-39-35-31-27-23-19-15-11-7-3)82-102-89(94)76-72-68-64-60-56-52-49-46-43-41-38-34-30-26-22-18-14-10-6-2/h9-16,21-28,33-39,42-43,45-47,50-52,54-57,61-64,66-68,85-87,92H,5-8,17-20,29-32,40-41,44,48-49,53,58-60,65,69-84H2,1-4H3,(H,97,98)(H,99,100)/b13-9-,14-10-,15-11-,16-12-,25-21-,26-22-,27-23-,28-24-,37-33-,38-34-,39-35-,45-42-,46-43-,47-36-,54-50-,55-51-,56-52-,61-57-,66-62-,67-63-,68-64-.